The summed E-state index contributed by atoms with van der Waals surface area (Å²) < 4.78 is 0. The summed E-state index contributed by atoms with van der Waals surface area (Å²) >= 11 is 0. The third-order valence-electron chi connectivity index (χ3n) is 2.94. The molecule has 0 bridgehead atoms. The van der Waals surface area contributed by atoms with E-state index < -0.39 is 0 Å². The van der Waals surface area contributed by atoms with Crippen molar-refractivity contribution in [1.82, 2.24) is 0 Å². The van der Waals surface area contributed by atoms with Gasteiger partial charge in [0.25, 0.3) is 0 Å². The molecule has 3 nitrogen and oxygen atoms in total. The molecule has 0 radical (unpaired) electrons. The molecule has 0 aromatic rings. The van der Waals surface area contributed by atoms with Crippen LogP contribution in [-0.2, 0) is 14.4 Å². The minimum Gasteiger partial charge on any atom is -0.300 e. The maximum absolute atomic E-state index is 11.5. The van der Waals surface area contributed by atoms with Gasteiger partial charge < -0.3 is 4.79 Å². The second-order valence-corrected chi connectivity index (χ2v) is 4.97. The van der Waals surface area contributed by atoms with E-state index in [9.17, 15) is 14.4 Å². The van der Waals surface area contributed by atoms with Crippen molar-refractivity contribution in [3.63, 3.8) is 0 Å². The fourth-order valence-corrected chi connectivity index (χ4v) is 1.84. The molecule has 0 aromatic carbocycles. The van der Waals surface area contributed by atoms with Crippen molar-refractivity contribution in [3.8, 4) is 0 Å². The molecule has 0 spiro atoms. The Morgan fingerprint density at radius 1 is 0.722 bits per heavy atom. The normalized spacial score (nSPS) is 10.3. The molecule has 0 saturated heterocycles. The van der Waals surface area contributed by atoms with E-state index in [2.05, 4.69) is 6.92 Å². The summed E-state index contributed by atoms with van der Waals surface area (Å²) in [5.41, 5.74) is 0. The fraction of sp³-hybridized carbons (Fsp3) is 0.800. The highest BCUT2D eigenvalue weighted by atomic mass is 16.1. The maximum atomic E-state index is 11.5. The molecule has 18 heavy (non-hydrogen) atoms. The molecule has 0 N–H and O–H groups in total. The van der Waals surface area contributed by atoms with Gasteiger partial charge in [-0.15, -0.1) is 0 Å². The lowest BCUT2D eigenvalue weighted by Gasteiger charge is -2.01. The predicted molar refractivity (Wildman–Crippen MR) is 72.5 cm³/mol. The van der Waals surface area contributed by atoms with Crippen molar-refractivity contribution in [3.05, 3.63) is 0 Å². The van der Waals surface area contributed by atoms with E-state index in [0.29, 0.717) is 19.3 Å². The standard InChI is InChI=1S/C15H26O3/c1-3-4-5-6-10-14(17)12-15(18)11-8-7-9-13(2)16/h3-12H2,1-2H3. The van der Waals surface area contributed by atoms with E-state index in [1.165, 1.54) is 0 Å². The Bertz CT molecular complexity index is 269. The molecule has 0 aliphatic carbocycles. The van der Waals surface area contributed by atoms with Gasteiger partial charge in [-0.25, -0.2) is 0 Å². The number of carbonyl (C=O) groups excluding carboxylic acids is 3. The average Bonchev–Trinajstić information content (AvgIpc) is 2.30. The van der Waals surface area contributed by atoms with Crippen LogP contribution in [0.3, 0.4) is 0 Å². The van der Waals surface area contributed by atoms with Gasteiger partial charge in [-0.1, -0.05) is 26.2 Å². The van der Waals surface area contributed by atoms with Crippen LogP contribution in [-0.4, -0.2) is 17.3 Å². The first-order valence-corrected chi connectivity index (χ1v) is 7.09. The monoisotopic (exact) mass is 254 g/mol. The zero-order valence-corrected chi connectivity index (χ0v) is 11.8. The summed E-state index contributed by atoms with van der Waals surface area (Å²) in [5.74, 6) is 0.260. The van der Waals surface area contributed by atoms with Gasteiger partial charge in [0.1, 0.15) is 17.3 Å². The summed E-state index contributed by atoms with van der Waals surface area (Å²) in [6, 6.07) is 0. The van der Waals surface area contributed by atoms with Crippen LogP contribution < -0.4 is 0 Å². The Labute approximate surface area is 110 Å². The molecule has 0 rings (SSSR count). The minimum atomic E-state index is 0.0269. The van der Waals surface area contributed by atoms with Crippen LogP contribution in [0.5, 0.6) is 0 Å². The van der Waals surface area contributed by atoms with Crippen LogP contribution in [0.25, 0.3) is 0 Å². The maximum Gasteiger partial charge on any atom is 0.140 e. The topological polar surface area (TPSA) is 51.2 Å². The van der Waals surface area contributed by atoms with E-state index in [0.717, 1.165) is 38.5 Å². The van der Waals surface area contributed by atoms with Crippen molar-refractivity contribution in [1.29, 1.82) is 0 Å². The van der Waals surface area contributed by atoms with Crippen molar-refractivity contribution in [2.75, 3.05) is 0 Å². The van der Waals surface area contributed by atoms with Gasteiger partial charge in [-0.05, 0) is 26.2 Å². The lowest BCUT2D eigenvalue weighted by Crippen LogP contribution is -2.07. The Kier molecular flexibility index (Phi) is 10.5. The number of hydrogen-bond donors (Lipinski definition) is 0. The zero-order valence-electron chi connectivity index (χ0n) is 11.8. The first-order valence-electron chi connectivity index (χ1n) is 7.09. The number of rotatable bonds is 12. The van der Waals surface area contributed by atoms with Crippen LogP contribution >= 0.6 is 0 Å². The van der Waals surface area contributed by atoms with Crippen LogP contribution in [0, 0.1) is 0 Å². The zero-order chi connectivity index (χ0) is 13.8. The fourth-order valence-electron chi connectivity index (χ4n) is 1.84. The number of carbonyl (C=O) groups is 3. The molecule has 0 amide bonds. The number of hydrogen-bond acceptors (Lipinski definition) is 3. The summed E-state index contributed by atoms with van der Waals surface area (Å²) in [5, 5.41) is 0. The van der Waals surface area contributed by atoms with Gasteiger partial charge in [0, 0.05) is 19.3 Å². The first kappa shape index (κ1) is 17.0. The molecular weight excluding hydrogens is 228 g/mol. The molecule has 3 heteroatoms. The van der Waals surface area contributed by atoms with Crippen LogP contribution in [0.2, 0.25) is 0 Å². The van der Waals surface area contributed by atoms with Crippen molar-refractivity contribution < 1.29 is 14.4 Å². The summed E-state index contributed by atoms with van der Waals surface area (Å²) in [4.78, 5) is 33.7. The van der Waals surface area contributed by atoms with E-state index in [1.54, 1.807) is 6.92 Å². The Hall–Kier alpha value is -0.990. The lowest BCUT2D eigenvalue weighted by atomic mass is 10.0. The molecule has 0 unspecified atom stereocenters. The smallest absolute Gasteiger partial charge is 0.140 e. The van der Waals surface area contributed by atoms with Crippen LogP contribution in [0.1, 0.15) is 78.1 Å². The van der Waals surface area contributed by atoms with Gasteiger partial charge in [0.15, 0.2) is 0 Å². The minimum absolute atomic E-state index is 0.0269. The molecule has 0 atom stereocenters. The van der Waals surface area contributed by atoms with Gasteiger partial charge >= 0.3 is 0 Å². The van der Waals surface area contributed by atoms with Crippen molar-refractivity contribution in [2.24, 2.45) is 0 Å². The Morgan fingerprint density at radius 2 is 1.22 bits per heavy atom. The number of unbranched alkanes of at least 4 members (excludes halogenated alkanes) is 4. The molecule has 0 aromatic heterocycles. The highest BCUT2D eigenvalue weighted by molar-refractivity contribution is 5.98. The quantitative estimate of drug-likeness (QED) is 0.394. The van der Waals surface area contributed by atoms with Crippen molar-refractivity contribution in [2.45, 2.75) is 78.1 Å². The molecule has 0 heterocycles. The Balaban J connectivity index is 3.49. The third-order valence-corrected chi connectivity index (χ3v) is 2.94. The highest BCUT2D eigenvalue weighted by Gasteiger charge is 2.09. The first-order chi connectivity index (χ1) is 8.56. The lowest BCUT2D eigenvalue weighted by molar-refractivity contribution is -0.127. The van der Waals surface area contributed by atoms with Crippen LogP contribution in [0.15, 0.2) is 0 Å². The molecule has 0 aliphatic heterocycles. The van der Waals surface area contributed by atoms with E-state index in [-0.39, 0.29) is 23.8 Å². The SMILES string of the molecule is CCCCCCC(=O)CC(=O)CCCCC(C)=O. The van der Waals surface area contributed by atoms with Gasteiger partial charge in [-0.2, -0.15) is 0 Å². The largest absolute Gasteiger partial charge is 0.300 e. The summed E-state index contributed by atoms with van der Waals surface area (Å²) in [6.07, 6.45) is 7.39. The second kappa shape index (κ2) is 11.1. The van der Waals surface area contributed by atoms with E-state index >= 15 is 0 Å². The van der Waals surface area contributed by atoms with Gasteiger partial charge in [0.05, 0.1) is 6.42 Å². The molecule has 0 saturated carbocycles. The Morgan fingerprint density at radius 3 is 1.72 bits per heavy atom. The summed E-state index contributed by atoms with van der Waals surface area (Å²) in [7, 11) is 0. The van der Waals surface area contributed by atoms with Gasteiger partial charge in [0.2, 0.25) is 0 Å². The average molecular weight is 254 g/mol. The molecule has 104 valence electrons. The second-order valence-electron chi connectivity index (χ2n) is 4.97. The van der Waals surface area contributed by atoms with Crippen LogP contribution in [0.4, 0.5) is 0 Å². The number of Topliss-reactive ketones (excluding diaryl/α,β-unsaturated/α-hetero) is 3. The molecule has 0 aliphatic rings. The molecule has 0 fully saturated rings. The van der Waals surface area contributed by atoms with E-state index in [4.69, 9.17) is 0 Å². The summed E-state index contributed by atoms with van der Waals surface area (Å²) in [6.45, 7) is 3.69. The number of ketones is 3. The van der Waals surface area contributed by atoms with E-state index in [1.807, 2.05) is 0 Å². The van der Waals surface area contributed by atoms with Gasteiger partial charge in [-0.3, -0.25) is 9.59 Å². The van der Waals surface area contributed by atoms with Crippen molar-refractivity contribution >= 4 is 17.3 Å². The predicted octanol–water partition coefficient (Wildman–Crippen LogP) is 3.63. The highest BCUT2D eigenvalue weighted by Crippen LogP contribution is 2.07. The third kappa shape index (κ3) is 11.5. The molecular formula is C15H26O3.